The van der Waals surface area contributed by atoms with Crippen LogP contribution < -0.4 is 5.43 Å². The van der Waals surface area contributed by atoms with Crippen LogP contribution in [0.4, 0.5) is 0 Å². The smallest absolute Gasteiger partial charge is 0.121 e. The SMILES string of the molecule is Cc1ccoc1CNN1C(C)CCCC1C. The van der Waals surface area contributed by atoms with Gasteiger partial charge in [-0.25, -0.2) is 10.4 Å². The quantitative estimate of drug-likeness (QED) is 0.852. The molecule has 0 aromatic carbocycles. The van der Waals surface area contributed by atoms with Crippen molar-refractivity contribution in [2.75, 3.05) is 0 Å². The molecule has 1 saturated heterocycles. The maximum absolute atomic E-state index is 5.44. The number of nitrogens with one attached hydrogen (secondary N) is 1. The van der Waals surface area contributed by atoms with Crippen molar-refractivity contribution < 1.29 is 4.42 Å². The molecule has 0 amide bonds. The van der Waals surface area contributed by atoms with Crippen LogP contribution in [0.3, 0.4) is 0 Å². The highest BCUT2D eigenvalue weighted by Gasteiger charge is 2.24. The third kappa shape index (κ3) is 2.47. The predicted octanol–water partition coefficient (Wildman–Crippen LogP) is 2.86. The molecule has 1 aliphatic rings. The summed E-state index contributed by atoms with van der Waals surface area (Å²) in [5.74, 6) is 1.05. The molecule has 2 rings (SSSR count). The van der Waals surface area contributed by atoms with E-state index in [2.05, 4.69) is 31.2 Å². The third-order valence-electron chi connectivity index (χ3n) is 3.58. The average molecular weight is 222 g/mol. The second-order valence-corrected chi connectivity index (χ2v) is 4.90. The van der Waals surface area contributed by atoms with Crippen molar-refractivity contribution in [3.63, 3.8) is 0 Å². The van der Waals surface area contributed by atoms with E-state index in [0.717, 1.165) is 12.3 Å². The summed E-state index contributed by atoms with van der Waals surface area (Å²) >= 11 is 0. The fraction of sp³-hybridized carbons (Fsp3) is 0.692. The highest BCUT2D eigenvalue weighted by molar-refractivity contribution is 5.13. The zero-order chi connectivity index (χ0) is 11.5. The number of furan rings is 1. The fourth-order valence-corrected chi connectivity index (χ4v) is 2.48. The molecule has 0 spiro atoms. The molecule has 3 nitrogen and oxygen atoms in total. The van der Waals surface area contributed by atoms with E-state index in [9.17, 15) is 0 Å². The van der Waals surface area contributed by atoms with Crippen LogP contribution >= 0.6 is 0 Å². The van der Waals surface area contributed by atoms with Gasteiger partial charge in [0.05, 0.1) is 12.8 Å². The number of hydrogen-bond acceptors (Lipinski definition) is 3. The summed E-state index contributed by atoms with van der Waals surface area (Å²) in [6, 6.07) is 3.26. The molecular formula is C13H22N2O. The number of aryl methyl sites for hydroxylation is 1. The van der Waals surface area contributed by atoms with Gasteiger partial charge in [0.2, 0.25) is 0 Å². The highest BCUT2D eigenvalue weighted by Crippen LogP contribution is 2.20. The average Bonchev–Trinajstić information content (AvgIpc) is 2.64. The van der Waals surface area contributed by atoms with Gasteiger partial charge in [-0.3, -0.25) is 0 Å². The second kappa shape index (κ2) is 5.02. The Morgan fingerprint density at radius 3 is 2.62 bits per heavy atom. The molecule has 0 bridgehead atoms. The van der Waals surface area contributed by atoms with E-state index < -0.39 is 0 Å². The van der Waals surface area contributed by atoms with Crippen LogP contribution in [0.15, 0.2) is 16.7 Å². The minimum Gasteiger partial charge on any atom is -0.468 e. The Kier molecular flexibility index (Phi) is 3.66. The van der Waals surface area contributed by atoms with E-state index in [4.69, 9.17) is 4.42 Å². The number of hydrazine groups is 1. The lowest BCUT2D eigenvalue weighted by atomic mass is 10.00. The van der Waals surface area contributed by atoms with Crippen LogP contribution in [0, 0.1) is 6.92 Å². The topological polar surface area (TPSA) is 28.4 Å². The standard InChI is InChI=1S/C13H22N2O/c1-10-7-8-16-13(10)9-14-15-11(2)5-4-6-12(15)3/h7-8,11-12,14H,4-6,9H2,1-3H3. The van der Waals surface area contributed by atoms with Crippen molar-refractivity contribution in [3.05, 3.63) is 23.7 Å². The largest absolute Gasteiger partial charge is 0.468 e. The molecule has 2 unspecified atom stereocenters. The summed E-state index contributed by atoms with van der Waals surface area (Å²) in [7, 11) is 0. The summed E-state index contributed by atoms with van der Waals surface area (Å²) in [5, 5.41) is 2.38. The molecule has 2 heterocycles. The van der Waals surface area contributed by atoms with E-state index in [1.807, 2.05) is 6.07 Å². The van der Waals surface area contributed by atoms with Gasteiger partial charge in [-0.1, -0.05) is 6.42 Å². The lowest BCUT2D eigenvalue weighted by molar-refractivity contribution is 0.0411. The van der Waals surface area contributed by atoms with Crippen LogP contribution in [-0.2, 0) is 6.54 Å². The Hall–Kier alpha value is -0.800. The Bertz CT molecular complexity index is 324. The monoisotopic (exact) mass is 222 g/mol. The summed E-state index contributed by atoms with van der Waals surface area (Å²) in [6.07, 6.45) is 5.68. The van der Waals surface area contributed by atoms with Crippen LogP contribution in [0.25, 0.3) is 0 Å². The fourth-order valence-electron chi connectivity index (χ4n) is 2.48. The first kappa shape index (κ1) is 11.7. The third-order valence-corrected chi connectivity index (χ3v) is 3.58. The zero-order valence-electron chi connectivity index (χ0n) is 10.5. The molecule has 0 aliphatic carbocycles. The molecule has 2 atom stereocenters. The Balaban J connectivity index is 1.91. The van der Waals surface area contributed by atoms with Gasteiger partial charge < -0.3 is 4.42 Å². The Morgan fingerprint density at radius 2 is 2.06 bits per heavy atom. The molecule has 1 fully saturated rings. The minimum atomic E-state index is 0.624. The van der Waals surface area contributed by atoms with Crippen molar-refractivity contribution in [1.29, 1.82) is 0 Å². The van der Waals surface area contributed by atoms with Crippen LogP contribution in [0.5, 0.6) is 0 Å². The van der Waals surface area contributed by atoms with Crippen molar-refractivity contribution in [2.45, 2.75) is 58.7 Å². The van der Waals surface area contributed by atoms with Crippen LogP contribution in [0.2, 0.25) is 0 Å². The van der Waals surface area contributed by atoms with Gasteiger partial charge in [0.15, 0.2) is 0 Å². The van der Waals surface area contributed by atoms with Crippen molar-refractivity contribution in [2.24, 2.45) is 0 Å². The zero-order valence-corrected chi connectivity index (χ0v) is 10.5. The number of piperidine rings is 1. The van der Waals surface area contributed by atoms with Gasteiger partial charge in [-0.05, 0) is 45.2 Å². The predicted molar refractivity (Wildman–Crippen MR) is 64.9 cm³/mol. The van der Waals surface area contributed by atoms with Crippen molar-refractivity contribution >= 4 is 0 Å². The van der Waals surface area contributed by atoms with Gasteiger partial charge >= 0.3 is 0 Å². The summed E-state index contributed by atoms with van der Waals surface area (Å²) in [5.41, 5.74) is 4.73. The molecule has 1 aromatic heterocycles. The molecule has 1 aliphatic heterocycles. The Labute approximate surface area is 97.8 Å². The summed E-state index contributed by atoms with van der Waals surface area (Å²) < 4.78 is 5.44. The molecule has 0 radical (unpaired) electrons. The molecular weight excluding hydrogens is 200 g/mol. The number of nitrogens with zero attached hydrogens (tertiary/aromatic N) is 1. The first-order valence-corrected chi connectivity index (χ1v) is 6.23. The lowest BCUT2D eigenvalue weighted by Gasteiger charge is -2.38. The van der Waals surface area contributed by atoms with Crippen LogP contribution in [0.1, 0.15) is 44.4 Å². The molecule has 1 N–H and O–H groups in total. The number of rotatable bonds is 3. The summed E-state index contributed by atoms with van der Waals surface area (Å²) in [4.78, 5) is 0. The minimum absolute atomic E-state index is 0.624. The van der Waals surface area contributed by atoms with E-state index in [1.165, 1.54) is 24.8 Å². The maximum Gasteiger partial charge on any atom is 0.121 e. The van der Waals surface area contributed by atoms with Gasteiger partial charge in [-0.2, -0.15) is 0 Å². The van der Waals surface area contributed by atoms with Gasteiger partial charge in [0.25, 0.3) is 0 Å². The van der Waals surface area contributed by atoms with Crippen molar-refractivity contribution in [3.8, 4) is 0 Å². The number of hydrogen-bond donors (Lipinski definition) is 1. The normalized spacial score (nSPS) is 27.2. The van der Waals surface area contributed by atoms with E-state index >= 15 is 0 Å². The highest BCUT2D eigenvalue weighted by atomic mass is 16.3. The molecule has 3 heteroatoms. The molecule has 0 saturated carbocycles. The summed E-state index contributed by atoms with van der Waals surface area (Å²) in [6.45, 7) is 7.46. The van der Waals surface area contributed by atoms with Gasteiger partial charge in [-0.15, -0.1) is 0 Å². The molecule has 1 aromatic rings. The second-order valence-electron chi connectivity index (χ2n) is 4.90. The van der Waals surface area contributed by atoms with E-state index in [0.29, 0.717) is 12.1 Å². The van der Waals surface area contributed by atoms with Gasteiger partial charge in [0.1, 0.15) is 5.76 Å². The van der Waals surface area contributed by atoms with E-state index in [1.54, 1.807) is 6.26 Å². The first-order chi connectivity index (χ1) is 7.68. The van der Waals surface area contributed by atoms with Gasteiger partial charge in [0, 0.05) is 12.1 Å². The molecule has 90 valence electrons. The molecule has 16 heavy (non-hydrogen) atoms. The first-order valence-electron chi connectivity index (χ1n) is 6.23. The van der Waals surface area contributed by atoms with Crippen LogP contribution in [-0.4, -0.2) is 17.1 Å². The van der Waals surface area contributed by atoms with E-state index in [-0.39, 0.29) is 0 Å². The van der Waals surface area contributed by atoms with Crippen molar-refractivity contribution in [1.82, 2.24) is 10.4 Å². The maximum atomic E-state index is 5.44. The lowest BCUT2D eigenvalue weighted by Crippen LogP contribution is -2.51. The Morgan fingerprint density at radius 1 is 1.38 bits per heavy atom.